The predicted octanol–water partition coefficient (Wildman–Crippen LogP) is 4.77. The lowest BCUT2D eigenvalue weighted by atomic mass is 9.90. The third-order valence-corrected chi connectivity index (χ3v) is 6.53. The zero-order valence-electron chi connectivity index (χ0n) is 19.9. The van der Waals surface area contributed by atoms with Crippen molar-refractivity contribution in [3.63, 3.8) is 0 Å². The highest BCUT2D eigenvalue weighted by Gasteiger charge is 2.26. The molecule has 0 bridgehead atoms. The molecule has 2 N–H and O–H groups in total. The molecule has 2 fully saturated rings. The number of ether oxygens (including phenoxy) is 1. The van der Waals surface area contributed by atoms with Crippen LogP contribution in [0.2, 0.25) is 0 Å². The summed E-state index contributed by atoms with van der Waals surface area (Å²) in [6.45, 7) is 8.09. The fourth-order valence-electron chi connectivity index (χ4n) is 4.74. The van der Waals surface area contributed by atoms with E-state index in [2.05, 4.69) is 10.6 Å². The van der Waals surface area contributed by atoms with Crippen molar-refractivity contribution in [1.29, 1.82) is 0 Å². The summed E-state index contributed by atoms with van der Waals surface area (Å²) < 4.78 is 19.6. The number of carbonyl (C=O) groups excluding carboxylic acids is 1. The summed E-state index contributed by atoms with van der Waals surface area (Å²) in [4.78, 5) is 24.1. The first-order valence-electron chi connectivity index (χ1n) is 12.0. The molecule has 2 aliphatic rings. The molecular weight excluding hydrogens is 427 g/mol. The number of nitro benzene ring substituents is 1. The van der Waals surface area contributed by atoms with Gasteiger partial charge in [0.25, 0.3) is 5.69 Å². The van der Waals surface area contributed by atoms with E-state index in [9.17, 15) is 19.3 Å². The summed E-state index contributed by atoms with van der Waals surface area (Å²) in [5, 5.41) is 17.4. The van der Waals surface area contributed by atoms with Crippen LogP contribution >= 0.6 is 0 Å². The first-order chi connectivity index (χ1) is 15.6. The van der Waals surface area contributed by atoms with Crippen molar-refractivity contribution in [2.24, 2.45) is 5.92 Å². The van der Waals surface area contributed by atoms with Crippen LogP contribution in [0.5, 0.6) is 0 Å². The van der Waals surface area contributed by atoms with Gasteiger partial charge in [0.15, 0.2) is 5.82 Å². The fraction of sp³-hybridized carbons (Fsp3) is 0.708. The molecule has 0 aromatic heterocycles. The third-order valence-electron chi connectivity index (χ3n) is 6.53. The molecular formula is C24H37FN4O4. The van der Waals surface area contributed by atoms with Gasteiger partial charge in [0.2, 0.25) is 0 Å². The molecule has 1 aliphatic carbocycles. The van der Waals surface area contributed by atoms with Crippen molar-refractivity contribution in [3.8, 4) is 0 Å². The van der Waals surface area contributed by atoms with Crippen molar-refractivity contribution in [3.05, 3.63) is 34.1 Å². The fourth-order valence-corrected chi connectivity index (χ4v) is 4.74. The minimum Gasteiger partial charge on any atom is -0.444 e. The van der Waals surface area contributed by atoms with E-state index < -0.39 is 16.3 Å². The minimum atomic E-state index is -0.573. The quantitative estimate of drug-likeness (QED) is 0.446. The van der Waals surface area contributed by atoms with Gasteiger partial charge in [0.05, 0.1) is 16.7 Å². The Bertz CT molecular complexity index is 813. The van der Waals surface area contributed by atoms with Crippen molar-refractivity contribution in [1.82, 2.24) is 10.6 Å². The summed E-state index contributed by atoms with van der Waals surface area (Å²) in [7, 11) is 0. The maximum Gasteiger partial charge on any atom is 0.407 e. The number of carbonyl (C=O) groups is 1. The highest BCUT2D eigenvalue weighted by atomic mass is 19.1. The number of hydrogen-bond acceptors (Lipinski definition) is 6. The van der Waals surface area contributed by atoms with Crippen molar-refractivity contribution < 1.29 is 18.8 Å². The number of rotatable bonds is 7. The molecule has 3 rings (SSSR count). The molecule has 184 valence electrons. The van der Waals surface area contributed by atoms with Gasteiger partial charge in [0.1, 0.15) is 5.60 Å². The lowest BCUT2D eigenvalue weighted by molar-refractivity contribution is -0.385. The maximum absolute atomic E-state index is 14.3. The zero-order valence-corrected chi connectivity index (χ0v) is 19.9. The van der Waals surface area contributed by atoms with Crippen LogP contribution in [-0.4, -0.2) is 48.3 Å². The van der Waals surface area contributed by atoms with Crippen LogP contribution in [0.25, 0.3) is 0 Å². The molecule has 1 aromatic carbocycles. The van der Waals surface area contributed by atoms with Crippen molar-refractivity contribution in [2.75, 3.05) is 24.5 Å². The third kappa shape index (κ3) is 7.84. The summed E-state index contributed by atoms with van der Waals surface area (Å²) in [5.74, 6) is 0.0705. The number of anilines is 1. The van der Waals surface area contributed by atoms with Crippen LogP contribution in [0.1, 0.15) is 65.7 Å². The van der Waals surface area contributed by atoms with E-state index in [1.165, 1.54) is 12.1 Å². The van der Waals surface area contributed by atoms with Crippen LogP contribution in [0.4, 0.5) is 20.6 Å². The summed E-state index contributed by atoms with van der Waals surface area (Å²) in [6, 6.07) is 4.55. The summed E-state index contributed by atoms with van der Waals surface area (Å²) in [6.07, 6.45) is 6.73. The van der Waals surface area contributed by atoms with Gasteiger partial charge in [-0.1, -0.05) is 0 Å². The second-order valence-corrected chi connectivity index (χ2v) is 10.3. The van der Waals surface area contributed by atoms with E-state index in [0.29, 0.717) is 17.6 Å². The largest absolute Gasteiger partial charge is 0.444 e. The van der Waals surface area contributed by atoms with Crippen molar-refractivity contribution in [2.45, 2.75) is 83.4 Å². The molecule has 1 aliphatic heterocycles. The second kappa shape index (κ2) is 11.1. The normalized spacial score (nSPS) is 22.1. The Balaban J connectivity index is 1.31. The van der Waals surface area contributed by atoms with Gasteiger partial charge in [-0.15, -0.1) is 0 Å². The van der Waals surface area contributed by atoms with Crippen LogP contribution in [0.15, 0.2) is 18.2 Å². The number of nitro groups is 1. The molecule has 1 amide bonds. The number of amides is 1. The number of nitrogens with zero attached hydrogens (tertiary/aromatic N) is 2. The number of halogens is 1. The smallest absolute Gasteiger partial charge is 0.407 e. The molecule has 1 heterocycles. The van der Waals surface area contributed by atoms with Gasteiger partial charge < -0.3 is 20.3 Å². The van der Waals surface area contributed by atoms with E-state index in [4.69, 9.17) is 4.74 Å². The van der Waals surface area contributed by atoms with Crippen LogP contribution in [0, 0.1) is 21.8 Å². The van der Waals surface area contributed by atoms with Gasteiger partial charge in [-0.2, -0.15) is 0 Å². The molecule has 0 unspecified atom stereocenters. The van der Waals surface area contributed by atoms with E-state index in [1.807, 2.05) is 25.7 Å². The number of hydrogen-bond donors (Lipinski definition) is 2. The second-order valence-electron chi connectivity index (χ2n) is 10.3. The topological polar surface area (TPSA) is 96.7 Å². The number of alkyl carbamates (subject to hydrolysis) is 1. The maximum atomic E-state index is 14.3. The monoisotopic (exact) mass is 464 g/mol. The van der Waals surface area contributed by atoms with E-state index in [0.717, 1.165) is 70.6 Å². The molecule has 0 spiro atoms. The molecule has 8 nitrogen and oxygen atoms in total. The first-order valence-corrected chi connectivity index (χ1v) is 12.0. The Morgan fingerprint density at radius 3 is 2.36 bits per heavy atom. The van der Waals surface area contributed by atoms with E-state index in [-0.39, 0.29) is 17.8 Å². The van der Waals surface area contributed by atoms with Gasteiger partial charge in [-0.3, -0.25) is 10.1 Å². The average Bonchev–Trinajstić information content (AvgIpc) is 2.74. The van der Waals surface area contributed by atoms with Crippen LogP contribution in [-0.2, 0) is 4.74 Å². The predicted molar refractivity (Wildman–Crippen MR) is 126 cm³/mol. The average molecular weight is 465 g/mol. The Hall–Kier alpha value is -2.42. The Kier molecular flexibility index (Phi) is 8.51. The van der Waals surface area contributed by atoms with Crippen molar-refractivity contribution >= 4 is 17.5 Å². The molecule has 0 radical (unpaired) electrons. The first kappa shape index (κ1) is 25.2. The summed E-state index contributed by atoms with van der Waals surface area (Å²) in [5.41, 5.74) is -0.240. The molecule has 1 saturated carbocycles. The lowest BCUT2D eigenvalue weighted by Crippen LogP contribution is -2.44. The van der Waals surface area contributed by atoms with Gasteiger partial charge in [-0.05, 0) is 84.2 Å². The molecule has 33 heavy (non-hydrogen) atoms. The van der Waals surface area contributed by atoms with E-state index in [1.54, 1.807) is 0 Å². The number of piperidine rings is 1. The highest BCUT2D eigenvalue weighted by Crippen LogP contribution is 2.29. The van der Waals surface area contributed by atoms with Crippen LogP contribution in [0.3, 0.4) is 0 Å². The molecule has 1 aromatic rings. The SMILES string of the molecule is CC(C)(C)OC(=O)NC1CCC(NCCC2CCN(c3ccc([N+](=O)[O-])cc3F)CC2)CC1. The zero-order chi connectivity index (χ0) is 24.0. The Labute approximate surface area is 195 Å². The molecule has 1 saturated heterocycles. The number of benzene rings is 1. The van der Waals surface area contributed by atoms with Gasteiger partial charge >= 0.3 is 6.09 Å². The minimum absolute atomic E-state index is 0.182. The Morgan fingerprint density at radius 2 is 1.79 bits per heavy atom. The molecule has 9 heteroatoms. The Morgan fingerprint density at radius 1 is 1.15 bits per heavy atom. The van der Waals surface area contributed by atoms with Crippen LogP contribution < -0.4 is 15.5 Å². The number of nitrogens with one attached hydrogen (secondary N) is 2. The van der Waals surface area contributed by atoms with E-state index >= 15 is 0 Å². The highest BCUT2D eigenvalue weighted by molar-refractivity contribution is 5.68. The standard InChI is InChI=1S/C24H37FN4O4/c1-24(2,3)33-23(30)27-19-6-4-18(5-7-19)26-13-10-17-11-14-28(15-12-17)22-9-8-20(29(31)32)16-21(22)25/h8-9,16-19,26H,4-7,10-15H2,1-3H3,(H,27,30). The number of non-ortho nitro benzene ring substituents is 1. The van der Waals surface area contributed by atoms with Gasteiger partial charge in [0, 0.05) is 31.2 Å². The summed E-state index contributed by atoms with van der Waals surface area (Å²) >= 11 is 0. The van der Waals surface area contributed by atoms with Gasteiger partial charge in [-0.25, -0.2) is 9.18 Å². The molecule has 0 atom stereocenters. The lowest BCUT2D eigenvalue weighted by Gasteiger charge is -2.34.